The van der Waals surface area contributed by atoms with Gasteiger partial charge in [0.05, 0.1) is 0 Å². The maximum Gasteiger partial charge on any atom is 0.0404 e. The molecule has 1 aliphatic rings. The van der Waals surface area contributed by atoms with Gasteiger partial charge in [-0.05, 0) is 37.3 Å². The van der Waals surface area contributed by atoms with Crippen molar-refractivity contribution in [2.75, 3.05) is 5.32 Å². The average molecular weight is 245 g/mol. The van der Waals surface area contributed by atoms with Crippen LogP contribution >= 0.6 is 0 Å². The molecular formula is C17H27N. The molecule has 2 rings (SSSR count). The minimum atomic E-state index is 0.691. The maximum atomic E-state index is 3.84. The van der Waals surface area contributed by atoms with Crippen LogP contribution in [0.1, 0.15) is 63.0 Å². The molecule has 0 aromatic heterocycles. The molecule has 1 fully saturated rings. The van der Waals surface area contributed by atoms with Gasteiger partial charge in [0.2, 0.25) is 0 Å². The molecule has 1 aromatic carbocycles. The molecule has 0 aliphatic heterocycles. The Balaban J connectivity index is 2.07. The van der Waals surface area contributed by atoms with Crippen LogP contribution in [0.25, 0.3) is 0 Å². The van der Waals surface area contributed by atoms with E-state index in [1.165, 1.54) is 61.8 Å². The number of nitrogens with one attached hydrogen (secondary N) is 1. The van der Waals surface area contributed by atoms with Gasteiger partial charge >= 0.3 is 0 Å². The lowest BCUT2D eigenvalue weighted by atomic mass is 9.95. The van der Waals surface area contributed by atoms with Crippen molar-refractivity contribution in [1.29, 1.82) is 0 Å². The van der Waals surface area contributed by atoms with Crippen LogP contribution in [0.3, 0.4) is 0 Å². The van der Waals surface area contributed by atoms with Crippen molar-refractivity contribution in [3.63, 3.8) is 0 Å². The van der Waals surface area contributed by atoms with Crippen molar-refractivity contribution in [2.45, 2.75) is 71.3 Å². The van der Waals surface area contributed by atoms with Crippen LogP contribution in [-0.4, -0.2) is 6.04 Å². The zero-order chi connectivity index (χ0) is 12.8. The molecule has 1 nitrogen and oxygen atoms in total. The van der Waals surface area contributed by atoms with Crippen molar-refractivity contribution in [1.82, 2.24) is 0 Å². The molecule has 0 unspecified atom stereocenters. The normalized spacial score (nSPS) is 18.1. The van der Waals surface area contributed by atoms with Gasteiger partial charge in [-0.25, -0.2) is 0 Å². The summed E-state index contributed by atoms with van der Waals surface area (Å²) in [5.41, 5.74) is 4.28. The number of hydrogen-bond donors (Lipinski definition) is 1. The largest absolute Gasteiger partial charge is 0.382 e. The number of para-hydroxylation sites is 1. The van der Waals surface area contributed by atoms with Crippen molar-refractivity contribution in [2.24, 2.45) is 0 Å². The van der Waals surface area contributed by atoms with Crippen LogP contribution in [0.5, 0.6) is 0 Å². The number of aryl methyl sites for hydroxylation is 2. The summed E-state index contributed by atoms with van der Waals surface area (Å²) in [5, 5.41) is 3.84. The van der Waals surface area contributed by atoms with Crippen LogP contribution in [-0.2, 0) is 6.42 Å². The highest BCUT2D eigenvalue weighted by atomic mass is 14.9. The summed E-state index contributed by atoms with van der Waals surface area (Å²) < 4.78 is 0. The van der Waals surface area contributed by atoms with E-state index in [9.17, 15) is 0 Å². The Bertz CT molecular complexity index is 362. The first-order valence-electron chi connectivity index (χ1n) is 7.66. The highest BCUT2D eigenvalue weighted by Gasteiger charge is 2.13. The monoisotopic (exact) mass is 245 g/mol. The lowest BCUT2D eigenvalue weighted by Crippen LogP contribution is -2.21. The second-order valence-electron chi connectivity index (χ2n) is 5.65. The number of rotatable bonds is 3. The molecule has 1 heteroatoms. The maximum absolute atomic E-state index is 3.84. The van der Waals surface area contributed by atoms with Crippen molar-refractivity contribution >= 4 is 5.69 Å². The first-order chi connectivity index (χ1) is 8.81. The SMILES string of the molecule is CCc1cccc(C)c1NC1CCCCCCC1. The highest BCUT2D eigenvalue weighted by molar-refractivity contribution is 5.57. The quantitative estimate of drug-likeness (QED) is 0.783. The van der Waals surface area contributed by atoms with Gasteiger partial charge in [0.15, 0.2) is 0 Å². The molecule has 1 aromatic rings. The highest BCUT2D eigenvalue weighted by Crippen LogP contribution is 2.26. The molecule has 0 atom stereocenters. The summed E-state index contributed by atoms with van der Waals surface area (Å²) in [6.45, 7) is 4.47. The standard InChI is InChI=1S/C17H27N/c1-3-15-11-9-10-14(2)17(15)18-16-12-7-5-4-6-8-13-16/h9-11,16,18H,3-8,12-13H2,1-2H3. The van der Waals surface area contributed by atoms with Gasteiger partial charge in [-0.15, -0.1) is 0 Å². The Morgan fingerprint density at radius 1 is 1.06 bits per heavy atom. The van der Waals surface area contributed by atoms with Gasteiger partial charge in [0.1, 0.15) is 0 Å². The molecular weight excluding hydrogens is 218 g/mol. The first-order valence-corrected chi connectivity index (χ1v) is 7.66. The summed E-state index contributed by atoms with van der Waals surface area (Å²) >= 11 is 0. The van der Waals surface area contributed by atoms with Crippen LogP contribution in [0.4, 0.5) is 5.69 Å². The zero-order valence-corrected chi connectivity index (χ0v) is 12.0. The van der Waals surface area contributed by atoms with E-state index in [2.05, 4.69) is 37.4 Å². The van der Waals surface area contributed by atoms with E-state index in [1.54, 1.807) is 0 Å². The predicted octanol–water partition coefficient (Wildman–Crippen LogP) is 5.08. The van der Waals surface area contributed by atoms with Crippen LogP contribution in [0.15, 0.2) is 18.2 Å². The smallest absolute Gasteiger partial charge is 0.0404 e. The Morgan fingerprint density at radius 3 is 2.39 bits per heavy atom. The van der Waals surface area contributed by atoms with Gasteiger partial charge in [0, 0.05) is 11.7 Å². The minimum absolute atomic E-state index is 0.691. The molecule has 1 aliphatic carbocycles. The fourth-order valence-electron chi connectivity index (χ4n) is 3.03. The third-order valence-corrected chi connectivity index (χ3v) is 4.19. The lowest BCUT2D eigenvalue weighted by molar-refractivity contribution is 0.471. The van der Waals surface area contributed by atoms with E-state index in [0.717, 1.165) is 6.42 Å². The zero-order valence-electron chi connectivity index (χ0n) is 12.0. The second-order valence-corrected chi connectivity index (χ2v) is 5.65. The van der Waals surface area contributed by atoms with E-state index in [4.69, 9.17) is 0 Å². The topological polar surface area (TPSA) is 12.0 Å². The molecule has 1 saturated carbocycles. The Hall–Kier alpha value is -0.980. The lowest BCUT2D eigenvalue weighted by Gasteiger charge is -2.24. The minimum Gasteiger partial charge on any atom is -0.382 e. The second kappa shape index (κ2) is 6.82. The van der Waals surface area contributed by atoms with E-state index >= 15 is 0 Å². The van der Waals surface area contributed by atoms with Crippen LogP contribution in [0.2, 0.25) is 0 Å². The number of hydrogen-bond acceptors (Lipinski definition) is 1. The van der Waals surface area contributed by atoms with E-state index in [0.29, 0.717) is 6.04 Å². The summed E-state index contributed by atoms with van der Waals surface area (Å²) in [4.78, 5) is 0. The summed E-state index contributed by atoms with van der Waals surface area (Å²) in [7, 11) is 0. The number of anilines is 1. The molecule has 0 radical (unpaired) electrons. The Labute approximate surface area is 112 Å². The molecule has 0 heterocycles. The number of benzene rings is 1. The predicted molar refractivity (Wildman–Crippen MR) is 80.3 cm³/mol. The summed E-state index contributed by atoms with van der Waals surface area (Å²) in [6, 6.07) is 7.36. The van der Waals surface area contributed by atoms with Crippen LogP contribution < -0.4 is 5.32 Å². The summed E-state index contributed by atoms with van der Waals surface area (Å²) in [6.07, 6.45) is 10.9. The third-order valence-electron chi connectivity index (χ3n) is 4.19. The van der Waals surface area contributed by atoms with Crippen molar-refractivity contribution < 1.29 is 0 Å². The molecule has 0 bridgehead atoms. The molecule has 18 heavy (non-hydrogen) atoms. The average Bonchev–Trinajstić information content (AvgIpc) is 2.34. The molecule has 0 spiro atoms. The molecule has 0 saturated heterocycles. The fourth-order valence-corrected chi connectivity index (χ4v) is 3.03. The Morgan fingerprint density at radius 2 is 1.72 bits per heavy atom. The van der Waals surface area contributed by atoms with E-state index in [-0.39, 0.29) is 0 Å². The molecule has 100 valence electrons. The van der Waals surface area contributed by atoms with Crippen molar-refractivity contribution in [3.8, 4) is 0 Å². The first kappa shape index (κ1) is 13.5. The van der Waals surface area contributed by atoms with Gasteiger partial charge in [-0.1, -0.05) is 57.2 Å². The van der Waals surface area contributed by atoms with E-state index < -0.39 is 0 Å². The molecule has 1 N–H and O–H groups in total. The Kier molecular flexibility index (Phi) is 5.10. The van der Waals surface area contributed by atoms with Gasteiger partial charge < -0.3 is 5.32 Å². The fraction of sp³-hybridized carbons (Fsp3) is 0.647. The van der Waals surface area contributed by atoms with Gasteiger partial charge in [-0.2, -0.15) is 0 Å². The van der Waals surface area contributed by atoms with Gasteiger partial charge in [0.25, 0.3) is 0 Å². The molecule has 0 amide bonds. The summed E-state index contributed by atoms with van der Waals surface area (Å²) in [5.74, 6) is 0. The van der Waals surface area contributed by atoms with E-state index in [1.807, 2.05) is 0 Å². The third kappa shape index (κ3) is 3.51. The van der Waals surface area contributed by atoms with Gasteiger partial charge in [-0.3, -0.25) is 0 Å². The van der Waals surface area contributed by atoms with Crippen LogP contribution in [0, 0.1) is 6.92 Å². The van der Waals surface area contributed by atoms with Crippen molar-refractivity contribution in [3.05, 3.63) is 29.3 Å².